The normalized spacial score (nSPS) is 21.1. The van der Waals surface area contributed by atoms with Crippen LogP contribution in [-0.4, -0.2) is 30.6 Å². The van der Waals surface area contributed by atoms with Crippen LogP contribution in [0.4, 0.5) is 0 Å². The Morgan fingerprint density at radius 2 is 1.85 bits per heavy atom. The average Bonchev–Trinajstić information content (AvgIpc) is 2.17. The SMILES string of the molecule is CC(C(=O)O)=C(C)C1OCCCO1. The summed E-state index contributed by atoms with van der Waals surface area (Å²) in [6.45, 7) is 4.54. The highest BCUT2D eigenvalue weighted by Crippen LogP contribution is 2.16. The Bertz CT molecular complexity index is 226. The second-order valence-electron chi connectivity index (χ2n) is 3.04. The monoisotopic (exact) mass is 186 g/mol. The zero-order valence-electron chi connectivity index (χ0n) is 7.87. The van der Waals surface area contributed by atoms with E-state index in [1.807, 2.05) is 0 Å². The first kappa shape index (κ1) is 10.2. The van der Waals surface area contributed by atoms with E-state index in [2.05, 4.69) is 0 Å². The van der Waals surface area contributed by atoms with Gasteiger partial charge in [-0.3, -0.25) is 0 Å². The first-order chi connectivity index (χ1) is 6.13. The van der Waals surface area contributed by atoms with Crippen molar-refractivity contribution >= 4 is 5.97 Å². The van der Waals surface area contributed by atoms with E-state index in [4.69, 9.17) is 14.6 Å². The maximum Gasteiger partial charge on any atom is 0.331 e. The molecule has 0 aromatic heterocycles. The Kier molecular flexibility index (Phi) is 3.45. The molecular formula is C9H14O4. The van der Waals surface area contributed by atoms with Gasteiger partial charge < -0.3 is 14.6 Å². The van der Waals surface area contributed by atoms with Crippen LogP contribution in [0, 0.1) is 0 Å². The van der Waals surface area contributed by atoms with Crippen LogP contribution in [0.25, 0.3) is 0 Å². The first-order valence-corrected chi connectivity index (χ1v) is 4.27. The highest BCUT2D eigenvalue weighted by Gasteiger charge is 2.19. The lowest BCUT2D eigenvalue weighted by atomic mass is 10.1. The van der Waals surface area contributed by atoms with Gasteiger partial charge in [0.05, 0.1) is 13.2 Å². The summed E-state index contributed by atoms with van der Waals surface area (Å²) < 4.78 is 10.5. The van der Waals surface area contributed by atoms with Crippen molar-refractivity contribution in [2.75, 3.05) is 13.2 Å². The van der Waals surface area contributed by atoms with Gasteiger partial charge in [0.15, 0.2) is 6.29 Å². The van der Waals surface area contributed by atoms with Crippen LogP contribution in [0.5, 0.6) is 0 Å². The van der Waals surface area contributed by atoms with Gasteiger partial charge in [-0.05, 0) is 25.8 Å². The molecule has 0 bridgehead atoms. The lowest BCUT2D eigenvalue weighted by Gasteiger charge is -2.24. The topological polar surface area (TPSA) is 55.8 Å². The second-order valence-corrected chi connectivity index (χ2v) is 3.04. The van der Waals surface area contributed by atoms with Gasteiger partial charge in [0, 0.05) is 5.57 Å². The predicted molar refractivity (Wildman–Crippen MR) is 46.3 cm³/mol. The molecule has 1 rings (SSSR count). The molecule has 0 aliphatic carbocycles. The zero-order chi connectivity index (χ0) is 9.84. The minimum absolute atomic E-state index is 0.298. The summed E-state index contributed by atoms with van der Waals surface area (Å²) in [7, 11) is 0. The number of hydrogen-bond acceptors (Lipinski definition) is 3. The number of ether oxygens (including phenoxy) is 2. The molecule has 0 aromatic rings. The van der Waals surface area contributed by atoms with Crippen molar-refractivity contribution in [3.63, 3.8) is 0 Å². The number of carboxylic acids is 1. The highest BCUT2D eigenvalue weighted by atomic mass is 16.7. The molecule has 74 valence electrons. The van der Waals surface area contributed by atoms with Gasteiger partial charge in [0.25, 0.3) is 0 Å². The zero-order valence-corrected chi connectivity index (χ0v) is 7.87. The summed E-state index contributed by atoms with van der Waals surface area (Å²) >= 11 is 0. The second kappa shape index (κ2) is 4.39. The van der Waals surface area contributed by atoms with E-state index in [-0.39, 0.29) is 0 Å². The van der Waals surface area contributed by atoms with Crippen LogP contribution in [0.2, 0.25) is 0 Å². The number of carbonyl (C=O) groups is 1. The van der Waals surface area contributed by atoms with Gasteiger partial charge in [-0.2, -0.15) is 0 Å². The Morgan fingerprint density at radius 3 is 2.31 bits per heavy atom. The molecule has 0 unspecified atom stereocenters. The van der Waals surface area contributed by atoms with E-state index >= 15 is 0 Å². The summed E-state index contributed by atoms with van der Waals surface area (Å²) in [5.41, 5.74) is 0.944. The molecule has 0 radical (unpaired) electrons. The van der Waals surface area contributed by atoms with E-state index in [0.29, 0.717) is 24.4 Å². The van der Waals surface area contributed by atoms with Gasteiger partial charge in [0.1, 0.15) is 0 Å². The molecule has 0 aromatic carbocycles. The Labute approximate surface area is 77.1 Å². The van der Waals surface area contributed by atoms with Crippen LogP contribution in [0.15, 0.2) is 11.1 Å². The summed E-state index contributed by atoms with van der Waals surface area (Å²) in [6, 6.07) is 0. The molecule has 1 aliphatic heterocycles. The molecule has 4 nitrogen and oxygen atoms in total. The minimum atomic E-state index is -0.921. The average molecular weight is 186 g/mol. The first-order valence-electron chi connectivity index (χ1n) is 4.27. The molecular weight excluding hydrogens is 172 g/mol. The van der Waals surface area contributed by atoms with E-state index in [1.165, 1.54) is 0 Å². The largest absolute Gasteiger partial charge is 0.478 e. The van der Waals surface area contributed by atoms with E-state index < -0.39 is 12.3 Å². The van der Waals surface area contributed by atoms with E-state index in [1.54, 1.807) is 13.8 Å². The fourth-order valence-corrected chi connectivity index (χ4v) is 1.08. The molecule has 0 saturated carbocycles. The van der Waals surface area contributed by atoms with E-state index in [9.17, 15) is 4.79 Å². The fraction of sp³-hybridized carbons (Fsp3) is 0.667. The summed E-state index contributed by atoms with van der Waals surface area (Å²) in [5, 5.41) is 8.71. The van der Waals surface area contributed by atoms with Gasteiger partial charge in [-0.25, -0.2) is 4.79 Å². The third-order valence-corrected chi connectivity index (χ3v) is 2.09. The number of rotatable bonds is 2. The van der Waals surface area contributed by atoms with Crippen LogP contribution < -0.4 is 0 Å². The third-order valence-electron chi connectivity index (χ3n) is 2.09. The Morgan fingerprint density at radius 1 is 1.31 bits per heavy atom. The lowest BCUT2D eigenvalue weighted by molar-refractivity contribution is -0.157. The maximum absolute atomic E-state index is 10.6. The molecule has 1 N–H and O–H groups in total. The Balaban J connectivity index is 2.68. The standard InChI is InChI=1S/C9H14O4/c1-6(8(10)11)7(2)9-12-4-3-5-13-9/h9H,3-5H2,1-2H3,(H,10,11). The smallest absolute Gasteiger partial charge is 0.331 e. The van der Waals surface area contributed by atoms with Crippen molar-refractivity contribution in [3.05, 3.63) is 11.1 Å². The van der Waals surface area contributed by atoms with Crippen LogP contribution in [0.3, 0.4) is 0 Å². The summed E-state index contributed by atoms with van der Waals surface area (Å²) in [5.74, 6) is -0.921. The highest BCUT2D eigenvalue weighted by molar-refractivity contribution is 5.86. The van der Waals surface area contributed by atoms with Gasteiger partial charge in [0.2, 0.25) is 0 Å². The number of carboxylic acid groups (broad SMARTS) is 1. The van der Waals surface area contributed by atoms with Crippen molar-refractivity contribution in [2.45, 2.75) is 26.6 Å². The molecule has 0 amide bonds. The molecule has 1 fully saturated rings. The van der Waals surface area contributed by atoms with Crippen molar-refractivity contribution in [2.24, 2.45) is 0 Å². The van der Waals surface area contributed by atoms with Crippen molar-refractivity contribution in [1.82, 2.24) is 0 Å². The molecule has 13 heavy (non-hydrogen) atoms. The van der Waals surface area contributed by atoms with Crippen molar-refractivity contribution in [1.29, 1.82) is 0 Å². The van der Waals surface area contributed by atoms with E-state index in [0.717, 1.165) is 6.42 Å². The predicted octanol–water partition coefficient (Wildman–Crippen LogP) is 1.17. The number of hydrogen-bond donors (Lipinski definition) is 1. The van der Waals surface area contributed by atoms with Crippen molar-refractivity contribution in [3.8, 4) is 0 Å². The lowest BCUT2D eigenvalue weighted by Crippen LogP contribution is -2.27. The molecule has 0 atom stereocenters. The molecule has 1 saturated heterocycles. The third kappa shape index (κ3) is 2.54. The number of aliphatic carboxylic acids is 1. The molecule has 0 spiro atoms. The Hall–Kier alpha value is -0.870. The molecule has 4 heteroatoms. The quantitative estimate of drug-likeness (QED) is 0.658. The minimum Gasteiger partial charge on any atom is -0.478 e. The van der Waals surface area contributed by atoms with Crippen LogP contribution >= 0.6 is 0 Å². The van der Waals surface area contributed by atoms with Gasteiger partial charge in [-0.15, -0.1) is 0 Å². The fourth-order valence-electron chi connectivity index (χ4n) is 1.08. The molecule has 1 aliphatic rings. The van der Waals surface area contributed by atoms with Gasteiger partial charge >= 0.3 is 5.97 Å². The van der Waals surface area contributed by atoms with Crippen molar-refractivity contribution < 1.29 is 19.4 Å². The summed E-state index contributed by atoms with van der Waals surface area (Å²) in [6.07, 6.45) is 0.403. The molecule has 1 heterocycles. The van der Waals surface area contributed by atoms with Crippen LogP contribution in [-0.2, 0) is 14.3 Å². The summed E-state index contributed by atoms with van der Waals surface area (Å²) in [4.78, 5) is 10.6. The van der Waals surface area contributed by atoms with Crippen LogP contribution in [0.1, 0.15) is 20.3 Å². The maximum atomic E-state index is 10.6. The van der Waals surface area contributed by atoms with Gasteiger partial charge in [-0.1, -0.05) is 0 Å².